The summed E-state index contributed by atoms with van der Waals surface area (Å²) in [6, 6.07) is 13.7. The monoisotopic (exact) mass is 447 g/mol. The van der Waals surface area contributed by atoms with Crippen molar-refractivity contribution >= 4 is 30.7 Å². The van der Waals surface area contributed by atoms with Crippen LogP contribution < -0.4 is 5.32 Å². The number of rotatable bonds is 5. The highest BCUT2D eigenvalue weighted by atomic mass is 35.5. The fourth-order valence-corrected chi connectivity index (χ4v) is 3.83. The smallest absolute Gasteiger partial charge is 0.257 e. The van der Waals surface area contributed by atoms with Crippen LogP contribution in [0.4, 0.5) is 0 Å². The number of benzene rings is 1. The predicted molar refractivity (Wildman–Crippen MR) is 124 cm³/mol. The molecule has 8 heteroatoms. The van der Waals surface area contributed by atoms with Crippen LogP contribution in [0.25, 0.3) is 16.9 Å². The van der Waals surface area contributed by atoms with Gasteiger partial charge in [-0.2, -0.15) is 5.10 Å². The molecule has 0 spiro atoms. The topological polar surface area (TPSA) is 63.1 Å². The summed E-state index contributed by atoms with van der Waals surface area (Å²) in [5.41, 5.74) is 3.09. The summed E-state index contributed by atoms with van der Waals surface area (Å²) in [4.78, 5) is 19.6. The molecule has 1 N–H and O–H groups in total. The van der Waals surface area contributed by atoms with Gasteiger partial charge in [0.2, 0.25) is 0 Å². The van der Waals surface area contributed by atoms with Gasteiger partial charge >= 0.3 is 0 Å². The number of piperidine rings is 1. The first-order chi connectivity index (χ1) is 13.8. The van der Waals surface area contributed by atoms with Gasteiger partial charge in [-0.15, -0.1) is 24.8 Å². The van der Waals surface area contributed by atoms with Gasteiger partial charge in [0.15, 0.2) is 0 Å². The summed E-state index contributed by atoms with van der Waals surface area (Å²) in [5.74, 6) is 0.538. The van der Waals surface area contributed by atoms with Crippen molar-refractivity contribution in [1.82, 2.24) is 25.0 Å². The Bertz CT molecular complexity index is 931. The highest BCUT2D eigenvalue weighted by Crippen LogP contribution is 2.26. The molecule has 30 heavy (non-hydrogen) atoms. The maximum absolute atomic E-state index is 13.4. The molecular formula is C22H27Cl2N5O. The molecule has 3 aromatic rings. The molecule has 6 nitrogen and oxygen atoms in total. The average molecular weight is 448 g/mol. The van der Waals surface area contributed by atoms with Crippen LogP contribution >= 0.6 is 24.8 Å². The van der Waals surface area contributed by atoms with Crippen molar-refractivity contribution < 1.29 is 4.79 Å². The number of halogens is 2. The summed E-state index contributed by atoms with van der Waals surface area (Å²) in [6.07, 6.45) is 7.53. The second-order valence-corrected chi connectivity index (χ2v) is 7.23. The highest BCUT2D eigenvalue weighted by Gasteiger charge is 2.28. The number of pyridine rings is 1. The molecule has 1 atom stereocenters. The summed E-state index contributed by atoms with van der Waals surface area (Å²) in [5, 5.41) is 7.98. The number of nitrogens with zero attached hydrogens (tertiary/aromatic N) is 4. The van der Waals surface area contributed by atoms with E-state index in [1.54, 1.807) is 17.1 Å². The summed E-state index contributed by atoms with van der Waals surface area (Å²) in [7, 11) is 1.96. The fourth-order valence-electron chi connectivity index (χ4n) is 3.83. The van der Waals surface area contributed by atoms with Gasteiger partial charge in [-0.1, -0.05) is 18.2 Å². The SMILES string of the molecule is CNCC1CCCN(C(=O)c2cn(-c3ccccc3)nc2-c2cccnc2)C1.Cl.Cl. The third-order valence-electron chi connectivity index (χ3n) is 5.20. The zero-order chi connectivity index (χ0) is 19.3. The van der Waals surface area contributed by atoms with E-state index in [1.165, 1.54) is 0 Å². The van der Waals surface area contributed by atoms with Crippen molar-refractivity contribution in [1.29, 1.82) is 0 Å². The lowest BCUT2D eigenvalue weighted by Gasteiger charge is -2.32. The molecule has 0 saturated carbocycles. The van der Waals surface area contributed by atoms with Crippen LogP contribution in [0.3, 0.4) is 0 Å². The normalized spacial score (nSPS) is 15.8. The Morgan fingerprint density at radius 1 is 1.17 bits per heavy atom. The maximum Gasteiger partial charge on any atom is 0.257 e. The number of likely N-dealkylation sites (tertiary alicyclic amines) is 1. The van der Waals surface area contributed by atoms with Gasteiger partial charge < -0.3 is 10.2 Å². The number of hydrogen-bond donors (Lipinski definition) is 1. The van der Waals surface area contributed by atoms with Gasteiger partial charge in [0, 0.05) is 37.2 Å². The Kier molecular flexibility index (Phi) is 8.84. The Morgan fingerprint density at radius 3 is 2.67 bits per heavy atom. The van der Waals surface area contributed by atoms with E-state index >= 15 is 0 Å². The molecule has 0 bridgehead atoms. The van der Waals surface area contributed by atoms with Crippen molar-refractivity contribution in [3.05, 3.63) is 66.6 Å². The number of carbonyl (C=O) groups excluding carboxylic acids is 1. The second-order valence-electron chi connectivity index (χ2n) is 7.23. The van der Waals surface area contributed by atoms with E-state index in [1.807, 2.05) is 60.6 Å². The molecular weight excluding hydrogens is 421 g/mol. The molecule has 1 aliphatic heterocycles. The lowest BCUT2D eigenvalue weighted by Crippen LogP contribution is -2.42. The van der Waals surface area contributed by atoms with Crippen LogP contribution in [0.2, 0.25) is 0 Å². The van der Waals surface area contributed by atoms with Gasteiger partial charge in [0.1, 0.15) is 5.69 Å². The summed E-state index contributed by atoms with van der Waals surface area (Å²) >= 11 is 0. The number of hydrogen-bond acceptors (Lipinski definition) is 4. The molecule has 160 valence electrons. The molecule has 1 saturated heterocycles. The van der Waals surface area contributed by atoms with Gasteiger partial charge in [0.05, 0.1) is 11.3 Å². The number of para-hydroxylation sites is 1. The molecule has 1 aromatic carbocycles. The third kappa shape index (κ3) is 5.19. The van der Waals surface area contributed by atoms with E-state index in [9.17, 15) is 4.79 Å². The Morgan fingerprint density at radius 2 is 1.97 bits per heavy atom. The number of aromatic nitrogens is 3. The van der Waals surface area contributed by atoms with Crippen LogP contribution in [0.15, 0.2) is 61.1 Å². The largest absolute Gasteiger partial charge is 0.338 e. The van der Waals surface area contributed by atoms with Crippen LogP contribution in [0.1, 0.15) is 23.2 Å². The molecule has 4 rings (SSSR count). The lowest BCUT2D eigenvalue weighted by atomic mass is 9.97. The number of nitrogens with one attached hydrogen (secondary N) is 1. The molecule has 0 aliphatic carbocycles. The quantitative estimate of drug-likeness (QED) is 0.644. The van der Waals surface area contributed by atoms with E-state index in [0.29, 0.717) is 17.2 Å². The van der Waals surface area contributed by atoms with Gasteiger partial charge in [-0.3, -0.25) is 9.78 Å². The molecule has 1 fully saturated rings. The van der Waals surface area contributed by atoms with E-state index in [0.717, 1.165) is 43.7 Å². The van der Waals surface area contributed by atoms with Gasteiger partial charge in [-0.25, -0.2) is 4.68 Å². The minimum atomic E-state index is 0. The van der Waals surface area contributed by atoms with Crippen LogP contribution in [-0.4, -0.2) is 52.3 Å². The molecule has 1 unspecified atom stereocenters. The van der Waals surface area contributed by atoms with E-state index in [2.05, 4.69) is 10.3 Å². The number of carbonyl (C=O) groups is 1. The second kappa shape index (κ2) is 11.1. The average Bonchev–Trinajstić information content (AvgIpc) is 3.20. The standard InChI is InChI=1S/C22H25N5O.2ClH/c1-23-13-17-7-6-12-26(15-17)22(28)20-16-27(19-9-3-2-4-10-19)25-21(20)18-8-5-11-24-14-18;;/h2-5,8-11,14,16-17,23H,6-7,12-13,15H2,1H3;2*1H. The minimum Gasteiger partial charge on any atom is -0.338 e. The molecule has 3 heterocycles. The first-order valence-electron chi connectivity index (χ1n) is 9.75. The molecule has 1 aliphatic rings. The summed E-state index contributed by atoms with van der Waals surface area (Å²) in [6.45, 7) is 2.51. The van der Waals surface area contributed by atoms with E-state index in [-0.39, 0.29) is 30.7 Å². The first-order valence-corrected chi connectivity index (χ1v) is 9.75. The van der Waals surface area contributed by atoms with Gasteiger partial charge in [-0.05, 0) is 56.6 Å². The van der Waals surface area contributed by atoms with Crippen LogP contribution in [0.5, 0.6) is 0 Å². The van der Waals surface area contributed by atoms with Crippen LogP contribution in [0, 0.1) is 5.92 Å². The molecule has 1 amide bonds. The van der Waals surface area contributed by atoms with Crippen molar-refractivity contribution in [3.8, 4) is 16.9 Å². The van der Waals surface area contributed by atoms with Crippen molar-refractivity contribution in [2.45, 2.75) is 12.8 Å². The zero-order valence-electron chi connectivity index (χ0n) is 16.9. The molecule has 2 aromatic heterocycles. The lowest BCUT2D eigenvalue weighted by molar-refractivity contribution is 0.0675. The third-order valence-corrected chi connectivity index (χ3v) is 5.20. The maximum atomic E-state index is 13.4. The van der Waals surface area contributed by atoms with Crippen molar-refractivity contribution in [2.24, 2.45) is 5.92 Å². The van der Waals surface area contributed by atoms with E-state index < -0.39 is 0 Å². The van der Waals surface area contributed by atoms with E-state index in [4.69, 9.17) is 5.10 Å². The Hall–Kier alpha value is -2.41. The van der Waals surface area contributed by atoms with Crippen molar-refractivity contribution in [3.63, 3.8) is 0 Å². The Labute approximate surface area is 189 Å². The highest BCUT2D eigenvalue weighted by molar-refractivity contribution is 6.00. The van der Waals surface area contributed by atoms with Crippen LogP contribution in [-0.2, 0) is 0 Å². The first kappa shape index (κ1) is 23.9. The number of amides is 1. The predicted octanol–water partition coefficient (Wildman–Crippen LogP) is 3.85. The molecule has 0 radical (unpaired) electrons. The Balaban J connectivity index is 0.00000160. The summed E-state index contributed by atoms with van der Waals surface area (Å²) < 4.78 is 1.78. The minimum absolute atomic E-state index is 0. The van der Waals surface area contributed by atoms with Gasteiger partial charge in [0.25, 0.3) is 5.91 Å². The fraction of sp³-hybridized carbons (Fsp3) is 0.318. The zero-order valence-corrected chi connectivity index (χ0v) is 18.5. The van der Waals surface area contributed by atoms with Crippen molar-refractivity contribution in [2.75, 3.05) is 26.7 Å².